The van der Waals surface area contributed by atoms with Gasteiger partial charge in [-0.25, -0.2) is 8.42 Å². The quantitative estimate of drug-likeness (QED) is 0.418. The SMILES string of the molecule is COC(=O)Cn1c(=NC(=O)C2CCCN(S(=O)(=O)c3ccc(C)cc3)C2)sc2cc(OC)c(OC)cc21. The lowest BCUT2D eigenvalue weighted by molar-refractivity contribution is -0.141. The van der Waals surface area contributed by atoms with Crippen molar-refractivity contribution in [2.45, 2.75) is 31.2 Å². The van der Waals surface area contributed by atoms with Crippen molar-refractivity contribution < 1.29 is 32.2 Å². The lowest BCUT2D eigenvalue weighted by Gasteiger charge is -2.30. The maximum absolute atomic E-state index is 13.3. The number of piperidine rings is 1. The monoisotopic (exact) mass is 547 g/mol. The van der Waals surface area contributed by atoms with Gasteiger partial charge in [0, 0.05) is 25.2 Å². The number of sulfonamides is 1. The van der Waals surface area contributed by atoms with E-state index >= 15 is 0 Å². The first-order chi connectivity index (χ1) is 17.7. The molecule has 37 heavy (non-hydrogen) atoms. The maximum atomic E-state index is 13.3. The highest BCUT2D eigenvalue weighted by molar-refractivity contribution is 7.89. The molecule has 1 saturated heterocycles. The van der Waals surface area contributed by atoms with E-state index in [-0.39, 0.29) is 18.0 Å². The molecule has 1 aromatic heterocycles. The molecule has 1 unspecified atom stereocenters. The smallest absolute Gasteiger partial charge is 0.325 e. The lowest BCUT2D eigenvalue weighted by atomic mass is 9.99. The standard InChI is InChI=1S/C25H29N3O7S2/c1-16-7-9-18(10-8-16)37(31,32)27-11-5-6-17(14-27)24(30)26-25-28(15-23(29)35-4)19-12-20(33-2)21(34-3)13-22(19)36-25/h7-10,12-13,17H,5-6,11,14-15H2,1-4H3. The Bertz CT molecular complexity index is 1490. The Labute approximate surface area is 219 Å². The van der Waals surface area contributed by atoms with Crippen molar-refractivity contribution in [1.82, 2.24) is 8.87 Å². The number of carbonyl (C=O) groups is 2. The molecule has 1 atom stereocenters. The molecule has 0 saturated carbocycles. The normalized spacial score (nSPS) is 17.1. The number of nitrogens with zero attached hydrogens (tertiary/aromatic N) is 3. The number of ether oxygens (including phenoxy) is 3. The molecule has 1 aliphatic heterocycles. The highest BCUT2D eigenvalue weighted by atomic mass is 32.2. The molecule has 198 valence electrons. The van der Waals surface area contributed by atoms with Gasteiger partial charge in [-0.3, -0.25) is 9.59 Å². The summed E-state index contributed by atoms with van der Waals surface area (Å²) < 4.78 is 45.6. The van der Waals surface area contributed by atoms with Gasteiger partial charge in [0.1, 0.15) is 6.54 Å². The van der Waals surface area contributed by atoms with E-state index in [1.807, 2.05) is 6.92 Å². The average Bonchev–Trinajstić information content (AvgIpc) is 3.23. The highest BCUT2D eigenvalue weighted by Crippen LogP contribution is 2.33. The van der Waals surface area contributed by atoms with Gasteiger partial charge in [-0.1, -0.05) is 29.0 Å². The number of methoxy groups -OCH3 is 3. The van der Waals surface area contributed by atoms with Gasteiger partial charge in [-0.2, -0.15) is 9.30 Å². The molecule has 0 bridgehead atoms. The van der Waals surface area contributed by atoms with E-state index in [2.05, 4.69) is 4.99 Å². The zero-order valence-electron chi connectivity index (χ0n) is 21.1. The summed E-state index contributed by atoms with van der Waals surface area (Å²) in [6, 6.07) is 10.1. The van der Waals surface area contributed by atoms with Crippen molar-refractivity contribution in [3.8, 4) is 11.5 Å². The first kappa shape index (κ1) is 26.8. The number of hydrogen-bond acceptors (Lipinski definition) is 8. The Morgan fingerprint density at radius 3 is 2.41 bits per heavy atom. The second-order valence-electron chi connectivity index (χ2n) is 8.69. The molecule has 0 N–H and O–H groups in total. The van der Waals surface area contributed by atoms with Crippen molar-refractivity contribution in [1.29, 1.82) is 0 Å². The summed E-state index contributed by atoms with van der Waals surface area (Å²) in [5.74, 6) is -0.573. The van der Waals surface area contributed by atoms with Gasteiger partial charge in [0.25, 0.3) is 5.91 Å². The predicted octanol–water partition coefficient (Wildman–Crippen LogP) is 2.73. The van der Waals surface area contributed by atoms with Crippen LogP contribution < -0.4 is 14.3 Å². The van der Waals surface area contributed by atoms with Gasteiger partial charge in [0.05, 0.1) is 42.4 Å². The number of fused-ring (bicyclic) bond motifs is 1. The Hall–Kier alpha value is -3.22. The number of rotatable bonds is 7. The first-order valence-corrected chi connectivity index (χ1v) is 13.9. The fourth-order valence-corrected chi connectivity index (χ4v) is 6.80. The van der Waals surface area contributed by atoms with E-state index in [4.69, 9.17) is 14.2 Å². The van der Waals surface area contributed by atoms with Crippen molar-refractivity contribution in [2.24, 2.45) is 10.9 Å². The van der Waals surface area contributed by atoms with Gasteiger partial charge in [0.2, 0.25) is 10.0 Å². The molecule has 2 heterocycles. The zero-order chi connectivity index (χ0) is 26.7. The summed E-state index contributed by atoms with van der Waals surface area (Å²) in [5, 5.41) is 0. The Morgan fingerprint density at radius 1 is 1.08 bits per heavy atom. The summed E-state index contributed by atoms with van der Waals surface area (Å²) in [5.41, 5.74) is 1.59. The summed E-state index contributed by atoms with van der Waals surface area (Å²) in [4.78, 5) is 30.3. The molecule has 1 aliphatic rings. The minimum atomic E-state index is -3.73. The van der Waals surface area contributed by atoms with Gasteiger partial charge in [-0.15, -0.1) is 0 Å². The van der Waals surface area contributed by atoms with Gasteiger partial charge in [-0.05, 0) is 31.9 Å². The van der Waals surface area contributed by atoms with Crippen LogP contribution in [-0.4, -0.2) is 63.6 Å². The van der Waals surface area contributed by atoms with E-state index in [0.29, 0.717) is 41.2 Å². The van der Waals surface area contributed by atoms with Crippen LogP contribution in [0.25, 0.3) is 10.2 Å². The average molecular weight is 548 g/mol. The van der Waals surface area contributed by atoms with Crippen molar-refractivity contribution >= 4 is 43.5 Å². The van der Waals surface area contributed by atoms with Crippen LogP contribution in [0.2, 0.25) is 0 Å². The molecule has 10 nitrogen and oxygen atoms in total. The molecular formula is C25H29N3O7S2. The van der Waals surface area contributed by atoms with Crippen LogP contribution in [-0.2, 0) is 30.9 Å². The molecule has 1 amide bonds. The van der Waals surface area contributed by atoms with Crippen LogP contribution in [0, 0.1) is 12.8 Å². The van der Waals surface area contributed by atoms with Gasteiger partial charge >= 0.3 is 5.97 Å². The molecule has 12 heteroatoms. The van der Waals surface area contributed by atoms with E-state index in [1.165, 1.54) is 37.0 Å². The van der Waals surface area contributed by atoms with Crippen LogP contribution in [0.5, 0.6) is 11.5 Å². The summed E-state index contributed by atoms with van der Waals surface area (Å²) >= 11 is 1.22. The Kier molecular flexibility index (Phi) is 8.00. The van der Waals surface area contributed by atoms with Crippen LogP contribution in [0.3, 0.4) is 0 Å². The second-order valence-corrected chi connectivity index (χ2v) is 11.6. The van der Waals surface area contributed by atoms with Crippen molar-refractivity contribution in [3.05, 3.63) is 46.8 Å². The number of aromatic nitrogens is 1. The maximum Gasteiger partial charge on any atom is 0.325 e. The van der Waals surface area contributed by atoms with Gasteiger partial charge in [0.15, 0.2) is 16.3 Å². The predicted molar refractivity (Wildman–Crippen MR) is 138 cm³/mol. The van der Waals surface area contributed by atoms with E-state index in [1.54, 1.807) is 41.0 Å². The topological polar surface area (TPSA) is 116 Å². The van der Waals surface area contributed by atoms with Crippen molar-refractivity contribution in [3.63, 3.8) is 0 Å². The Morgan fingerprint density at radius 2 is 1.76 bits per heavy atom. The fourth-order valence-electron chi connectivity index (χ4n) is 4.24. The van der Waals surface area contributed by atoms with E-state index in [9.17, 15) is 18.0 Å². The Balaban J connectivity index is 1.69. The zero-order valence-corrected chi connectivity index (χ0v) is 22.7. The first-order valence-electron chi connectivity index (χ1n) is 11.7. The molecule has 2 aromatic carbocycles. The van der Waals surface area contributed by atoms with Crippen molar-refractivity contribution in [2.75, 3.05) is 34.4 Å². The summed E-state index contributed by atoms with van der Waals surface area (Å²) in [6.07, 6.45) is 1.06. The van der Waals surface area contributed by atoms with E-state index < -0.39 is 27.8 Å². The fraction of sp³-hybridized carbons (Fsp3) is 0.400. The minimum Gasteiger partial charge on any atom is -0.493 e. The van der Waals surface area contributed by atoms with E-state index in [0.717, 1.165) is 10.3 Å². The molecule has 1 fully saturated rings. The van der Waals surface area contributed by atoms with Crippen LogP contribution >= 0.6 is 11.3 Å². The third-order valence-electron chi connectivity index (χ3n) is 6.30. The third-order valence-corrected chi connectivity index (χ3v) is 9.22. The number of amides is 1. The minimum absolute atomic E-state index is 0.0437. The highest BCUT2D eigenvalue weighted by Gasteiger charge is 2.33. The summed E-state index contributed by atoms with van der Waals surface area (Å²) in [6.45, 7) is 2.11. The molecule has 0 radical (unpaired) electrons. The third kappa shape index (κ3) is 5.55. The van der Waals surface area contributed by atoms with Gasteiger partial charge < -0.3 is 18.8 Å². The molecule has 3 aromatic rings. The number of thiazole rings is 1. The lowest BCUT2D eigenvalue weighted by Crippen LogP contribution is -2.42. The number of carbonyl (C=O) groups excluding carboxylic acids is 2. The molecule has 0 aliphatic carbocycles. The van der Waals surface area contributed by atoms with Crippen LogP contribution in [0.4, 0.5) is 0 Å². The van der Waals surface area contributed by atoms with Crippen LogP contribution in [0.1, 0.15) is 18.4 Å². The van der Waals surface area contributed by atoms with Crippen LogP contribution in [0.15, 0.2) is 46.3 Å². The molecule has 0 spiro atoms. The molecule has 4 rings (SSSR count). The largest absolute Gasteiger partial charge is 0.493 e. The number of esters is 1. The summed E-state index contributed by atoms with van der Waals surface area (Å²) in [7, 11) is 0.583. The molecular weight excluding hydrogens is 518 g/mol. The second kappa shape index (κ2) is 11.0. The number of aryl methyl sites for hydroxylation is 1. The number of benzene rings is 2. The number of hydrogen-bond donors (Lipinski definition) is 0.